The topological polar surface area (TPSA) is 70.8 Å². The quantitative estimate of drug-likeness (QED) is 0.829. The SMILES string of the molecule is Cc1ccc(C(=O)N2CCN(S(=O)(=O)c3c(F)cccc3F)CC2)o1. The van der Waals surface area contributed by atoms with Gasteiger partial charge < -0.3 is 9.32 Å². The third kappa shape index (κ3) is 3.29. The Hall–Kier alpha value is -2.26. The van der Waals surface area contributed by atoms with E-state index >= 15 is 0 Å². The third-order valence-electron chi connectivity index (χ3n) is 3.99. The van der Waals surface area contributed by atoms with Crippen molar-refractivity contribution >= 4 is 15.9 Å². The summed E-state index contributed by atoms with van der Waals surface area (Å²) in [4.78, 5) is 12.8. The van der Waals surface area contributed by atoms with Gasteiger partial charge in [0.1, 0.15) is 17.4 Å². The number of carbonyl (C=O) groups is 1. The van der Waals surface area contributed by atoms with Crippen LogP contribution in [0, 0.1) is 18.6 Å². The molecule has 1 aromatic carbocycles. The van der Waals surface area contributed by atoms with Crippen molar-refractivity contribution in [1.29, 1.82) is 0 Å². The van der Waals surface area contributed by atoms with Gasteiger partial charge in [0, 0.05) is 26.2 Å². The number of carbonyl (C=O) groups excluding carboxylic acids is 1. The summed E-state index contributed by atoms with van der Waals surface area (Å²) in [6.07, 6.45) is 0. The zero-order valence-electron chi connectivity index (χ0n) is 13.4. The number of hydrogen-bond donors (Lipinski definition) is 0. The van der Waals surface area contributed by atoms with Gasteiger partial charge in [-0.25, -0.2) is 17.2 Å². The summed E-state index contributed by atoms with van der Waals surface area (Å²) >= 11 is 0. The largest absolute Gasteiger partial charge is 0.456 e. The molecule has 2 heterocycles. The van der Waals surface area contributed by atoms with Gasteiger partial charge in [-0.3, -0.25) is 4.79 Å². The highest BCUT2D eigenvalue weighted by molar-refractivity contribution is 7.89. The second-order valence-electron chi connectivity index (χ2n) is 5.66. The second kappa shape index (κ2) is 6.57. The van der Waals surface area contributed by atoms with Gasteiger partial charge in [-0.15, -0.1) is 0 Å². The number of rotatable bonds is 3. The summed E-state index contributed by atoms with van der Waals surface area (Å²) in [5, 5.41) is 0. The molecule has 0 atom stereocenters. The van der Waals surface area contributed by atoms with E-state index in [1.807, 2.05) is 0 Å². The van der Waals surface area contributed by atoms with Crippen LogP contribution in [-0.2, 0) is 10.0 Å². The lowest BCUT2D eigenvalue weighted by Gasteiger charge is -2.33. The molecule has 25 heavy (non-hydrogen) atoms. The highest BCUT2D eigenvalue weighted by atomic mass is 32.2. The van der Waals surface area contributed by atoms with Gasteiger partial charge >= 0.3 is 0 Å². The Bertz CT molecular complexity index is 882. The van der Waals surface area contributed by atoms with Gasteiger partial charge in [-0.05, 0) is 31.2 Å². The normalized spacial score (nSPS) is 16.2. The van der Waals surface area contributed by atoms with Crippen LogP contribution in [-0.4, -0.2) is 49.7 Å². The molecule has 1 aliphatic rings. The van der Waals surface area contributed by atoms with E-state index in [1.165, 1.54) is 4.90 Å². The molecule has 1 aromatic heterocycles. The van der Waals surface area contributed by atoms with Crippen molar-refractivity contribution in [3.8, 4) is 0 Å². The van der Waals surface area contributed by atoms with Crippen LogP contribution in [0.3, 0.4) is 0 Å². The first kappa shape index (κ1) is 17.6. The zero-order valence-corrected chi connectivity index (χ0v) is 14.2. The Balaban J connectivity index is 1.75. The van der Waals surface area contributed by atoms with Crippen molar-refractivity contribution < 1.29 is 26.4 Å². The number of amides is 1. The van der Waals surface area contributed by atoms with E-state index in [-0.39, 0.29) is 37.8 Å². The third-order valence-corrected chi connectivity index (χ3v) is 5.94. The monoisotopic (exact) mass is 370 g/mol. The molecule has 0 unspecified atom stereocenters. The number of benzene rings is 1. The van der Waals surface area contributed by atoms with E-state index in [2.05, 4.69) is 0 Å². The van der Waals surface area contributed by atoms with Crippen molar-refractivity contribution in [2.24, 2.45) is 0 Å². The molecule has 1 saturated heterocycles. The van der Waals surface area contributed by atoms with E-state index < -0.39 is 26.6 Å². The van der Waals surface area contributed by atoms with Crippen LogP contribution in [0.1, 0.15) is 16.3 Å². The summed E-state index contributed by atoms with van der Waals surface area (Å²) in [6, 6.07) is 6.11. The van der Waals surface area contributed by atoms with Crippen LogP contribution in [0.2, 0.25) is 0 Å². The molecule has 6 nitrogen and oxygen atoms in total. The first-order chi connectivity index (χ1) is 11.8. The number of sulfonamides is 1. The van der Waals surface area contributed by atoms with Crippen LogP contribution in [0.15, 0.2) is 39.6 Å². The molecular formula is C16H16F2N2O4S. The fourth-order valence-corrected chi connectivity index (χ4v) is 4.23. The summed E-state index contributed by atoms with van der Waals surface area (Å²) in [5.41, 5.74) is 0. The van der Waals surface area contributed by atoms with Crippen LogP contribution >= 0.6 is 0 Å². The van der Waals surface area contributed by atoms with Gasteiger partial charge in [-0.2, -0.15) is 4.31 Å². The maximum atomic E-state index is 13.8. The maximum Gasteiger partial charge on any atom is 0.289 e. The molecular weight excluding hydrogens is 354 g/mol. The summed E-state index contributed by atoms with van der Waals surface area (Å²) in [7, 11) is -4.31. The number of halogens is 2. The molecule has 3 rings (SSSR count). The van der Waals surface area contributed by atoms with Crippen molar-refractivity contribution in [2.75, 3.05) is 26.2 Å². The standard InChI is InChI=1S/C16H16F2N2O4S/c1-11-5-6-14(24-11)16(21)19-7-9-20(10-8-19)25(22,23)15-12(17)3-2-4-13(15)18/h2-6H,7-10H2,1H3. The first-order valence-electron chi connectivity index (χ1n) is 7.60. The molecule has 0 N–H and O–H groups in total. The van der Waals surface area contributed by atoms with E-state index in [1.54, 1.807) is 19.1 Å². The number of hydrogen-bond acceptors (Lipinski definition) is 4. The fraction of sp³-hybridized carbons (Fsp3) is 0.312. The minimum Gasteiger partial charge on any atom is -0.456 e. The Morgan fingerprint density at radius 1 is 1.04 bits per heavy atom. The van der Waals surface area contributed by atoms with Gasteiger partial charge in [0.05, 0.1) is 0 Å². The molecule has 0 aliphatic carbocycles. The molecule has 0 radical (unpaired) electrons. The molecule has 0 saturated carbocycles. The van der Waals surface area contributed by atoms with Crippen LogP contribution < -0.4 is 0 Å². The molecule has 1 amide bonds. The predicted molar refractivity (Wildman–Crippen MR) is 84.5 cm³/mol. The fourth-order valence-electron chi connectivity index (χ4n) is 2.69. The Labute approximate surface area is 143 Å². The molecule has 1 fully saturated rings. The zero-order chi connectivity index (χ0) is 18.2. The summed E-state index contributed by atoms with van der Waals surface area (Å²) < 4.78 is 58.9. The predicted octanol–water partition coefficient (Wildman–Crippen LogP) is 2.01. The lowest BCUT2D eigenvalue weighted by atomic mass is 10.3. The van der Waals surface area contributed by atoms with Gasteiger partial charge in [0.15, 0.2) is 10.7 Å². The lowest BCUT2D eigenvalue weighted by Crippen LogP contribution is -2.50. The summed E-state index contributed by atoms with van der Waals surface area (Å²) in [5.74, 6) is -1.84. The first-order valence-corrected chi connectivity index (χ1v) is 9.04. The van der Waals surface area contributed by atoms with E-state index in [9.17, 15) is 22.0 Å². The van der Waals surface area contributed by atoms with E-state index in [0.29, 0.717) is 5.76 Å². The lowest BCUT2D eigenvalue weighted by molar-refractivity contribution is 0.0664. The number of nitrogens with zero attached hydrogens (tertiary/aromatic N) is 2. The van der Waals surface area contributed by atoms with Gasteiger partial charge in [0.2, 0.25) is 10.0 Å². The van der Waals surface area contributed by atoms with Crippen molar-refractivity contribution in [3.05, 3.63) is 53.5 Å². The Morgan fingerprint density at radius 3 is 2.16 bits per heavy atom. The van der Waals surface area contributed by atoms with Crippen molar-refractivity contribution in [2.45, 2.75) is 11.8 Å². The Kier molecular flexibility index (Phi) is 4.61. The highest BCUT2D eigenvalue weighted by Crippen LogP contribution is 2.24. The van der Waals surface area contributed by atoms with E-state index in [4.69, 9.17) is 4.42 Å². The van der Waals surface area contributed by atoms with Gasteiger partial charge in [-0.1, -0.05) is 6.07 Å². The minimum absolute atomic E-state index is 0.0540. The maximum absolute atomic E-state index is 13.8. The van der Waals surface area contributed by atoms with Crippen LogP contribution in [0.5, 0.6) is 0 Å². The number of piperazine rings is 1. The minimum atomic E-state index is -4.31. The molecule has 2 aromatic rings. The Morgan fingerprint density at radius 2 is 1.64 bits per heavy atom. The molecule has 0 spiro atoms. The van der Waals surface area contributed by atoms with E-state index in [0.717, 1.165) is 22.5 Å². The van der Waals surface area contributed by atoms with Crippen molar-refractivity contribution in [1.82, 2.24) is 9.21 Å². The number of furan rings is 1. The van der Waals surface area contributed by atoms with Gasteiger partial charge in [0.25, 0.3) is 5.91 Å². The number of aryl methyl sites for hydroxylation is 1. The molecule has 1 aliphatic heterocycles. The van der Waals surface area contributed by atoms with Crippen LogP contribution in [0.25, 0.3) is 0 Å². The second-order valence-corrected chi connectivity index (χ2v) is 7.53. The molecule has 0 bridgehead atoms. The molecule has 9 heteroatoms. The summed E-state index contributed by atoms with van der Waals surface area (Å²) in [6.45, 7) is 1.81. The average molecular weight is 370 g/mol. The average Bonchev–Trinajstić information content (AvgIpc) is 3.00. The molecule has 134 valence electrons. The van der Waals surface area contributed by atoms with Crippen LogP contribution in [0.4, 0.5) is 8.78 Å². The van der Waals surface area contributed by atoms with Crippen molar-refractivity contribution in [3.63, 3.8) is 0 Å². The highest BCUT2D eigenvalue weighted by Gasteiger charge is 2.34. The smallest absolute Gasteiger partial charge is 0.289 e.